The Morgan fingerprint density at radius 1 is 1.44 bits per heavy atom. The molecule has 0 aliphatic carbocycles. The van der Waals surface area contributed by atoms with Gasteiger partial charge in [0.25, 0.3) is 5.91 Å². The number of aromatic nitrogens is 5. The van der Waals surface area contributed by atoms with E-state index in [1.165, 1.54) is 17.8 Å². The van der Waals surface area contributed by atoms with Gasteiger partial charge in [-0.05, 0) is 18.9 Å². The van der Waals surface area contributed by atoms with E-state index < -0.39 is 17.8 Å². The Morgan fingerprint density at radius 2 is 2.16 bits per heavy atom. The first-order valence-electron chi connectivity index (χ1n) is 7.70. The first-order chi connectivity index (χ1) is 11.7. The van der Waals surface area contributed by atoms with Crippen molar-refractivity contribution >= 4 is 5.91 Å². The van der Waals surface area contributed by atoms with Crippen molar-refractivity contribution in [1.29, 1.82) is 0 Å². The maximum atomic E-state index is 13.0. The first kappa shape index (κ1) is 18.9. The standard InChI is InChI=1S/C14H20F3N7O/c1-9(7-24-12(14(15,16)17)5-10(2)21-24)6-19-13(25)11-8-23(4-3-18)22-20-11/h5,8-9H,3-4,6-7,18H2,1-2H3,(H,19,25)/t9-/m1/s1. The van der Waals surface area contributed by atoms with Crippen molar-refractivity contribution in [2.24, 2.45) is 11.7 Å². The van der Waals surface area contributed by atoms with Gasteiger partial charge in [-0.2, -0.15) is 18.3 Å². The maximum absolute atomic E-state index is 13.0. The molecule has 2 aromatic rings. The molecular formula is C14H20F3N7O. The summed E-state index contributed by atoms with van der Waals surface area (Å²) in [5.74, 6) is -0.703. The van der Waals surface area contributed by atoms with Gasteiger partial charge in [0, 0.05) is 19.6 Å². The molecular weight excluding hydrogens is 339 g/mol. The summed E-state index contributed by atoms with van der Waals surface area (Å²) in [4.78, 5) is 12.0. The van der Waals surface area contributed by atoms with E-state index in [0.29, 0.717) is 18.8 Å². The van der Waals surface area contributed by atoms with Crippen LogP contribution in [0.2, 0.25) is 0 Å². The van der Waals surface area contributed by atoms with E-state index in [1.54, 1.807) is 6.92 Å². The number of nitrogens with two attached hydrogens (primary N) is 1. The molecule has 0 fully saturated rings. The van der Waals surface area contributed by atoms with Crippen LogP contribution in [-0.2, 0) is 19.3 Å². The molecule has 3 N–H and O–H groups in total. The van der Waals surface area contributed by atoms with E-state index in [-0.39, 0.29) is 24.7 Å². The second kappa shape index (κ2) is 7.64. The average Bonchev–Trinajstić information content (AvgIpc) is 3.11. The summed E-state index contributed by atoms with van der Waals surface area (Å²) in [6, 6.07) is 1.00. The number of carbonyl (C=O) groups is 1. The fraction of sp³-hybridized carbons (Fsp3) is 0.571. The molecule has 0 unspecified atom stereocenters. The molecule has 2 rings (SSSR count). The molecule has 11 heteroatoms. The average molecular weight is 359 g/mol. The van der Waals surface area contributed by atoms with Gasteiger partial charge >= 0.3 is 6.18 Å². The summed E-state index contributed by atoms with van der Waals surface area (Å²) in [5, 5.41) is 14.0. The summed E-state index contributed by atoms with van der Waals surface area (Å²) in [6.45, 7) is 4.25. The predicted molar refractivity (Wildman–Crippen MR) is 82.5 cm³/mol. The van der Waals surface area contributed by atoms with Crippen LogP contribution in [0.15, 0.2) is 12.3 Å². The molecule has 0 bridgehead atoms. The lowest BCUT2D eigenvalue weighted by atomic mass is 10.2. The second-order valence-corrected chi connectivity index (χ2v) is 5.82. The minimum absolute atomic E-state index is 0.0306. The lowest BCUT2D eigenvalue weighted by molar-refractivity contribution is -0.144. The van der Waals surface area contributed by atoms with Crippen molar-refractivity contribution < 1.29 is 18.0 Å². The lowest BCUT2D eigenvalue weighted by Gasteiger charge is -2.15. The van der Waals surface area contributed by atoms with Gasteiger partial charge in [0.2, 0.25) is 0 Å². The summed E-state index contributed by atoms with van der Waals surface area (Å²) in [7, 11) is 0. The molecule has 1 amide bonds. The van der Waals surface area contributed by atoms with E-state index in [0.717, 1.165) is 10.7 Å². The molecule has 25 heavy (non-hydrogen) atoms. The van der Waals surface area contributed by atoms with E-state index in [9.17, 15) is 18.0 Å². The van der Waals surface area contributed by atoms with Gasteiger partial charge in [-0.3, -0.25) is 14.2 Å². The maximum Gasteiger partial charge on any atom is 0.433 e. The zero-order valence-electron chi connectivity index (χ0n) is 13.9. The molecule has 2 aromatic heterocycles. The number of aryl methyl sites for hydroxylation is 1. The largest absolute Gasteiger partial charge is 0.433 e. The summed E-state index contributed by atoms with van der Waals surface area (Å²) in [5.41, 5.74) is 5.01. The smallest absolute Gasteiger partial charge is 0.350 e. The number of amides is 1. The van der Waals surface area contributed by atoms with Crippen LogP contribution < -0.4 is 11.1 Å². The van der Waals surface area contributed by atoms with Crippen LogP contribution in [0.4, 0.5) is 13.2 Å². The van der Waals surface area contributed by atoms with Crippen LogP contribution in [0.25, 0.3) is 0 Å². The highest BCUT2D eigenvalue weighted by molar-refractivity contribution is 5.91. The van der Waals surface area contributed by atoms with Crippen LogP contribution in [0.1, 0.15) is 28.8 Å². The fourth-order valence-electron chi connectivity index (χ4n) is 2.27. The molecule has 0 saturated carbocycles. The molecule has 0 saturated heterocycles. The third-order valence-corrected chi connectivity index (χ3v) is 3.42. The number of nitrogens with zero attached hydrogens (tertiary/aromatic N) is 5. The zero-order valence-corrected chi connectivity index (χ0v) is 13.9. The molecule has 0 aliphatic heterocycles. The first-order valence-corrected chi connectivity index (χ1v) is 7.70. The highest BCUT2D eigenvalue weighted by Gasteiger charge is 2.35. The van der Waals surface area contributed by atoms with E-state index in [4.69, 9.17) is 5.73 Å². The van der Waals surface area contributed by atoms with Gasteiger partial charge in [-0.15, -0.1) is 5.10 Å². The number of halogens is 3. The summed E-state index contributed by atoms with van der Waals surface area (Å²) >= 11 is 0. The molecule has 0 aliphatic rings. The van der Waals surface area contributed by atoms with Crippen molar-refractivity contribution in [1.82, 2.24) is 30.1 Å². The molecule has 1 atom stereocenters. The van der Waals surface area contributed by atoms with Crippen molar-refractivity contribution in [3.05, 3.63) is 29.3 Å². The molecule has 0 aromatic carbocycles. The van der Waals surface area contributed by atoms with E-state index >= 15 is 0 Å². The number of hydrogen-bond acceptors (Lipinski definition) is 5. The van der Waals surface area contributed by atoms with Gasteiger partial charge in [0.15, 0.2) is 5.69 Å². The lowest BCUT2D eigenvalue weighted by Crippen LogP contribution is -2.31. The molecule has 138 valence electrons. The van der Waals surface area contributed by atoms with Crippen LogP contribution in [0, 0.1) is 12.8 Å². The number of hydrogen-bond donors (Lipinski definition) is 2. The number of alkyl halides is 3. The SMILES string of the molecule is Cc1cc(C(F)(F)F)n(C[C@H](C)CNC(=O)c2cn(CCN)nn2)n1. The minimum Gasteiger partial charge on any atom is -0.350 e. The summed E-state index contributed by atoms with van der Waals surface area (Å²) in [6.07, 6.45) is -3.00. The monoisotopic (exact) mass is 359 g/mol. The van der Waals surface area contributed by atoms with Crippen molar-refractivity contribution in [3.8, 4) is 0 Å². The minimum atomic E-state index is -4.47. The normalized spacial score (nSPS) is 13.0. The van der Waals surface area contributed by atoms with Crippen LogP contribution in [0.3, 0.4) is 0 Å². The van der Waals surface area contributed by atoms with Gasteiger partial charge in [-0.25, -0.2) is 0 Å². The van der Waals surface area contributed by atoms with Gasteiger partial charge in [0.1, 0.15) is 5.69 Å². The fourth-order valence-corrected chi connectivity index (χ4v) is 2.27. The molecule has 2 heterocycles. The molecule has 0 radical (unpaired) electrons. The molecule has 8 nitrogen and oxygen atoms in total. The number of rotatable bonds is 7. The van der Waals surface area contributed by atoms with Gasteiger partial charge < -0.3 is 11.1 Å². The number of carbonyl (C=O) groups excluding carboxylic acids is 1. The third kappa shape index (κ3) is 5.02. The Balaban J connectivity index is 1.92. The Morgan fingerprint density at radius 3 is 2.80 bits per heavy atom. The predicted octanol–water partition coefficient (Wildman–Crippen LogP) is 0.827. The van der Waals surface area contributed by atoms with Crippen molar-refractivity contribution in [2.45, 2.75) is 33.1 Å². The van der Waals surface area contributed by atoms with Crippen LogP contribution >= 0.6 is 0 Å². The van der Waals surface area contributed by atoms with Gasteiger partial charge in [0.05, 0.1) is 18.4 Å². The van der Waals surface area contributed by atoms with E-state index in [1.807, 2.05) is 0 Å². The Bertz CT molecular complexity index is 722. The van der Waals surface area contributed by atoms with Crippen molar-refractivity contribution in [3.63, 3.8) is 0 Å². The second-order valence-electron chi connectivity index (χ2n) is 5.82. The van der Waals surface area contributed by atoms with Crippen LogP contribution in [-0.4, -0.2) is 43.8 Å². The van der Waals surface area contributed by atoms with Gasteiger partial charge in [-0.1, -0.05) is 12.1 Å². The highest BCUT2D eigenvalue weighted by Crippen LogP contribution is 2.30. The third-order valence-electron chi connectivity index (χ3n) is 3.42. The highest BCUT2D eigenvalue weighted by atomic mass is 19.4. The Hall–Kier alpha value is -2.43. The quantitative estimate of drug-likeness (QED) is 0.762. The summed E-state index contributed by atoms with van der Waals surface area (Å²) < 4.78 is 41.2. The van der Waals surface area contributed by atoms with Crippen LogP contribution in [0.5, 0.6) is 0 Å². The topological polar surface area (TPSA) is 104 Å². The Kier molecular flexibility index (Phi) is 5.77. The van der Waals surface area contributed by atoms with Crippen molar-refractivity contribution in [2.75, 3.05) is 13.1 Å². The number of nitrogens with one attached hydrogen (secondary N) is 1. The zero-order chi connectivity index (χ0) is 18.6. The Labute approximate surface area is 142 Å². The molecule has 0 spiro atoms. The van der Waals surface area contributed by atoms with E-state index in [2.05, 4.69) is 20.7 Å².